The minimum Gasteiger partial charge on any atom is -0.383 e. The lowest BCUT2D eigenvalue weighted by molar-refractivity contribution is 0.205. The summed E-state index contributed by atoms with van der Waals surface area (Å²) in [7, 11) is 1.69. The van der Waals surface area contributed by atoms with Crippen molar-refractivity contribution in [2.75, 3.05) is 25.2 Å². The Morgan fingerprint density at radius 3 is 2.88 bits per heavy atom. The van der Waals surface area contributed by atoms with E-state index >= 15 is 0 Å². The Morgan fingerprint density at radius 2 is 2.29 bits per heavy atom. The van der Waals surface area contributed by atoms with Gasteiger partial charge in [0.05, 0.1) is 17.9 Å². The molecular weight excluding hydrogens is 236 g/mol. The molecule has 0 unspecified atom stereocenters. The van der Waals surface area contributed by atoms with E-state index in [0.29, 0.717) is 23.2 Å². The molecule has 17 heavy (non-hydrogen) atoms. The van der Waals surface area contributed by atoms with Crippen molar-refractivity contribution >= 4 is 17.3 Å². The fourth-order valence-electron chi connectivity index (χ4n) is 1.91. The van der Waals surface area contributed by atoms with Gasteiger partial charge in [0.2, 0.25) is 0 Å². The minimum atomic E-state index is 0.538. The van der Waals surface area contributed by atoms with Crippen molar-refractivity contribution in [2.45, 2.75) is 18.9 Å². The molecule has 1 fully saturated rings. The van der Waals surface area contributed by atoms with E-state index in [0.717, 1.165) is 12.2 Å². The summed E-state index contributed by atoms with van der Waals surface area (Å²) in [6, 6.07) is 8.16. The van der Waals surface area contributed by atoms with Crippen LogP contribution in [0.4, 0.5) is 5.69 Å². The van der Waals surface area contributed by atoms with Crippen molar-refractivity contribution in [1.29, 1.82) is 5.26 Å². The van der Waals surface area contributed by atoms with Crippen LogP contribution in [-0.4, -0.2) is 26.3 Å². The molecule has 0 atom stereocenters. The average Bonchev–Trinajstić information content (AvgIpc) is 3.14. The zero-order chi connectivity index (χ0) is 12.3. The molecule has 0 radical (unpaired) electrons. The van der Waals surface area contributed by atoms with Crippen LogP contribution in [-0.2, 0) is 4.74 Å². The van der Waals surface area contributed by atoms with Gasteiger partial charge in [0, 0.05) is 24.7 Å². The van der Waals surface area contributed by atoms with E-state index in [1.165, 1.54) is 12.8 Å². The summed E-state index contributed by atoms with van der Waals surface area (Å²) in [5.41, 5.74) is 1.61. The number of anilines is 1. The van der Waals surface area contributed by atoms with Gasteiger partial charge in [-0.05, 0) is 31.0 Å². The highest BCUT2D eigenvalue weighted by atomic mass is 35.5. The van der Waals surface area contributed by atoms with Gasteiger partial charge in [0.15, 0.2) is 0 Å². The molecule has 0 spiro atoms. The van der Waals surface area contributed by atoms with Crippen LogP contribution < -0.4 is 4.90 Å². The minimum absolute atomic E-state index is 0.538. The third-order valence-electron chi connectivity index (χ3n) is 2.91. The molecule has 4 heteroatoms. The molecule has 2 rings (SSSR count). The summed E-state index contributed by atoms with van der Waals surface area (Å²) >= 11 is 6.01. The van der Waals surface area contributed by atoms with Crippen LogP contribution in [0, 0.1) is 11.3 Å². The van der Waals surface area contributed by atoms with Gasteiger partial charge in [-0.25, -0.2) is 0 Å². The number of benzene rings is 1. The van der Waals surface area contributed by atoms with Crippen LogP contribution in [0.25, 0.3) is 0 Å². The van der Waals surface area contributed by atoms with Crippen LogP contribution in [0.5, 0.6) is 0 Å². The third kappa shape index (κ3) is 2.91. The molecule has 1 saturated carbocycles. The molecule has 0 aromatic heterocycles. The lowest BCUT2D eigenvalue weighted by Crippen LogP contribution is -2.30. The van der Waals surface area contributed by atoms with Crippen LogP contribution in [0.2, 0.25) is 5.02 Å². The molecule has 0 heterocycles. The molecule has 1 aliphatic carbocycles. The normalized spacial score (nSPS) is 14.4. The summed E-state index contributed by atoms with van der Waals surface area (Å²) in [5.74, 6) is 0. The number of nitriles is 1. The highest BCUT2D eigenvalue weighted by Gasteiger charge is 2.30. The first-order chi connectivity index (χ1) is 8.26. The first kappa shape index (κ1) is 12.2. The zero-order valence-electron chi connectivity index (χ0n) is 9.82. The van der Waals surface area contributed by atoms with Crippen molar-refractivity contribution in [3.8, 4) is 6.07 Å². The standard InChI is InChI=1S/C13H15ClN2O/c1-17-7-6-16(12-4-5-12)13-8-11(14)3-2-10(13)9-15/h2-3,8,12H,4-7H2,1H3. The fourth-order valence-corrected chi connectivity index (χ4v) is 2.08. The van der Waals surface area contributed by atoms with E-state index < -0.39 is 0 Å². The van der Waals surface area contributed by atoms with Crippen molar-refractivity contribution in [1.82, 2.24) is 0 Å². The molecule has 3 nitrogen and oxygen atoms in total. The van der Waals surface area contributed by atoms with Crippen molar-refractivity contribution in [2.24, 2.45) is 0 Å². The Balaban J connectivity index is 2.27. The second-order valence-corrected chi connectivity index (χ2v) is 4.63. The second-order valence-electron chi connectivity index (χ2n) is 4.19. The number of hydrogen-bond donors (Lipinski definition) is 0. The number of methoxy groups -OCH3 is 1. The Kier molecular flexibility index (Phi) is 3.88. The molecule has 90 valence electrons. The fraction of sp³-hybridized carbons (Fsp3) is 0.462. The van der Waals surface area contributed by atoms with Gasteiger partial charge in [-0.3, -0.25) is 0 Å². The largest absolute Gasteiger partial charge is 0.383 e. The van der Waals surface area contributed by atoms with E-state index in [9.17, 15) is 0 Å². The maximum atomic E-state index is 9.13. The summed E-state index contributed by atoms with van der Waals surface area (Å²) in [6.07, 6.45) is 2.36. The van der Waals surface area contributed by atoms with E-state index in [4.69, 9.17) is 21.6 Å². The molecular formula is C13H15ClN2O. The smallest absolute Gasteiger partial charge is 0.101 e. The van der Waals surface area contributed by atoms with Crippen molar-refractivity contribution in [3.63, 3.8) is 0 Å². The molecule has 0 N–H and O–H groups in total. The summed E-state index contributed by atoms with van der Waals surface area (Å²) < 4.78 is 5.12. The maximum Gasteiger partial charge on any atom is 0.101 e. The zero-order valence-corrected chi connectivity index (χ0v) is 10.6. The van der Waals surface area contributed by atoms with Crippen LogP contribution in [0.1, 0.15) is 18.4 Å². The average molecular weight is 251 g/mol. The topological polar surface area (TPSA) is 36.3 Å². The molecule has 1 aromatic rings. The Labute approximate surface area is 107 Å². The maximum absolute atomic E-state index is 9.13. The van der Waals surface area contributed by atoms with Crippen LogP contribution in [0.3, 0.4) is 0 Å². The number of halogens is 1. The lowest BCUT2D eigenvalue weighted by atomic mass is 10.1. The third-order valence-corrected chi connectivity index (χ3v) is 3.15. The van der Waals surface area contributed by atoms with E-state index in [1.807, 2.05) is 6.07 Å². The molecule has 0 saturated heterocycles. The van der Waals surface area contributed by atoms with Gasteiger partial charge >= 0.3 is 0 Å². The summed E-state index contributed by atoms with van der Waals surface area (Å²) in [4.78, 5) is 2.23. The van der Waals surface area contributed by atoms with Gasteiger partial charge < -0.3 is 9.64 Å². The quantitative estimate of drug-likeness (QED) is 0.806. The molecule has 1 aliphatic rings. The first-order valence-corrected chi connectivity index (χ1v) is 6.09. The van der Waals surface area contributed by atoms with Gasteiger partial charge in [0.25, 0.3) is 0 Å². The van der Waals surface area contributed by atoms with Crippen molar-refractivity contribution < 1.29 is 4.74 Å². The van der Waals surface area contributed by atoms with Gasteiger partial charge in [-0.2, -0.15) is 5.26 Å². The molecule has 0 amide bonds. The monoisotopic (exact) mass is 250 g/mol. The predicted molar refractivity (Wildman–Crippen MR) is 68.4 cm³/mol. The molecule has 1 aromatic carbocycles. The number of ether oxygens (including phenoxy) is 1. The van der Waals surface area contributed by atoms with Crippen LogP contribution in [0.15, 0.2) is 18.2 Å². The van der Waals surface area contributed by atoms with E-state index in [1.54, 1.807) is 19.2 Å². The van der Waals surface area contributed by atoms with Gasteiger partial charge in [0.1, 0.15) is 6.07 Å². The number of nitrogens with zero attached hydrogens (tertiary/aromatic N) is 2. The molecule has 0 aliphatic heterocycles. The predicted octanol–water partition coefficient (Wildman–Crippen LogP) is 2.83. The highest BCUT2D eigenvalue weighted by Crippen LogP contribution is 2.34. The highest BCUT2D eigenvalue weighted by molar-refractivity contribution is 6.30. The van der Waals surface area contributed by atoms with E-state index in [-0.39, 0.29) is 0 Å². The van der Waals surface area contributed by atoms with E-state index in [2.05, 4.69) is 11.0 Å². The molecule has 0 bridgehead atoms. The van der Waals surface area contributed by atoms with Gasteiger partial charge in [-0.1, -0.05) is 11.6 Å². The number of rotatable bonds is 5. The lowest BCUT2D eigenvalue weighted by Gasteiger charge is -2.25. The van der Waals surface area contributed by atoms with Crippen LogP contribution >= 0.6 is 11.6 Å². The first-order valence-electron chi connectivity index (χ1n) is 5.71. The summed E-state index contributed by atoms with van der Waals surface area (Å²) in [6.45, 7) is 1.46. The van der Waals surface area contributed by atoms with Crippen molar-refractivity contribution in [3.05, 3.63) is 28.8 Å². The van der Waals surface area contributed by atoms with Gasteiger partial charge in [-0.15, -0.1) is 0 Å². The SMILES string of the molecule is COCCN(c1cc(Cl)ccc1C#N)C1CC1. The Morgan fingerprint density at radius 1 is 1.53 bits per heavy atom. The Hall–Kier alpha value is -1.24. The second kappa shape index (κ2) is 5.39. The summed E-state index contributed by atoms with van der Waals surface area (Å²) in [5, 5.41) is 9.80. The number of hydrogen-bond acceptors (Lipinski definition) is 3. The Bertz CT molecular complexity index is 438.